The monoisotopic (exact) mass is 265 g/mol. The average molecular weight is 265 g/mol. The first kappa shape index (κ1) is 13.8. The summed E-state index contributed by atoms with van der Waals surface area (Å²) in [5, 5.41) is 0. The summed E-state index contributed by atoms with van der Waals surface area (Å²) in [4.78, 5) is 0.961. The van der Waals surface area contributed by atoms with Crippen molar-refractivity contribution in [1.82, 2.24) is 0 Å². The smallest absolute Gasteiger partial charge is 0.0535 e. The van der Waals surface area contributed by atoms with Gasteiger partial charge in [-0.3, -0.25) is 4.21 Å². The Bertz CT molecular complexity index is 421. The molecule has 100 valence electrons. The molecule has 0 radical (unpaired) electrons. The van der Waals surface area contributed by atoms with Crippen molar-refractivity contribution in [3.63, 3.8) is 0 Å². The van der Waals surface area contributed by atoms with E-state index in [1.165, 1.54) is 18.4 Å². The average Bonchev–Trinajstić information content (AvgIpc) is 3.09. The maximum Gasteiger partial charge on any atom is 0.0535 e. The van der Waals surface area contributed by atoms with Crippen molar-refractivity contribution in [2.24, 2.45) is 11.1 Å². The van der Waals surface area contributed by atoms with Crippen LogP contribution in [0.1, 0.15) is 44.6 Å². The van der Waals surface area contributed by atoms with Gasteiger partial charge in [-0.2, -0.15) is 0 Å². The normalized spacial score (nSPS) is 18.9. The number of benzene rings is 1. The summed E-state index contributed by atoms with van der Waals surface area (Å²) in [5.74, 6) is 1.31. The first-order valence-electron chi connectivity index (χ1n) is 6.75. The molecule has 2 nitrogen and oxygen atoms in total. The minimum atomic E-state index is -0.869. The first-order chi connectivity index (χ1) is 8.56. The van der Waals surface area contributed by atoms with Gasteiger partial charge in [-0.1, -0.05) is 26.0 Å². The third-order valence-corrected chi connectivity index (χ3v) is 5.55. The highest BCUT2D eigenvalue weighted by Crippen LogP contribution is 2.49. The Morgan fingerprint density at radius 1 is 1.28 bits per heavy atom. The summed E-state index contributed by atoms with van der Waals surface area (Å²) in [6.45, 7) is 5.06. The van der Waals surface area contributed by atoms with Gasteiger partial charge in [-0.05, 0) is 54.8 Å². The van der Waals surface area contributed by atoms with E-state index in [4.69, 9.17) is 5.73 Å². The Morgan fingerprint density at radius 2 is 1.89 bits per heavy atom. The lowest BCUT2D eigenvalue weighted by atomic mass is 10.0. The molecule has 1 aliphatic carbocycles. The molecule has 0 spiro atoms. The Kier molecular flexibility index (Phi) is 4.23. The highest BCUT2D eigenvalue weighted by atomic mass is 32.2. The molecule has 0 saturated heterocycles. The Labute approximate surface area is 112 Å². The van der Waals surface area contributed by atoms with Crippen molar-refractivity contribution in [3.8, 4) is 0 Å². The molecule has 0 bridgehead atoms. The zero-order valence-electron chi connectivity index (χ0n) is 11.3. The van der Waals surface area contributed by atoms with Crippen molar-refractivity contribution >= 4 is 10.8 Å². The van der Waals surface area contributed by atoms with E-state index in [9.17, 15) is 4.21 Å². The van der Waals surface area contributed by atoms with Crippen molar-refractivity contribution in [2.45, 2.75) is 43.9 Å². The van der Waals surface area contributed by atoms with Crippen LogP contribution in [0.15, 0.2) is 29.2 Å². The second kappa shape index (κ2) is 5.54. The van der Waals surface area contributed by atoms with E-state index in [1.807, 2.05) is 12.1 Å². The summed E-state index contributed by atoms with van der Waals surface area (Å²) < 4.78 is 12.3. The van der Waals surface area contributed by atoms with Crippen LogP contribution in [0.3, 0.4) is 0 Å². The molecular weight excluding hydrogens is 242 g/mol. The summed E-state index contributed by atoms with van der Waals surface area (Å²) in [7, 11) is -0.869. The summed E-state index contributed by atoms with van der Waals surface area (Å²) in [5.41, 5.74) is 7.22. The van der Waals surface area contributed by atoms with E-state index in [1.54, 1.807) is 0 Å². The molecular formula is C15H23NOS. The molecule has 3 heteroatoms. The fraction of sp³-hybridized carbons (Fsp3) is 0.600. The van der Waals surface area contributed by atoms with Crippen LogP contribution in [0.5, 0.6) is 0 Å². The van der Waals surface area contributed by atoms with Gasteiger partial charge in [0, 0.05) is 10.6 Å². The first-order valence-corrected chi connectivity index (χ1v) is 8.07. The molecule has 0 amide bonds. The van der Waals surface area contributed by atoms with Crippen LogP contribution in [0.4, 0.5) is 0 Å². The molecule has 1 fully saturated rings. The minimum absolute atomic E-state index is 0.288. The fourth-order valence-corrected chi connectivity index (χ4v) is 3.91. The SMILES string of the molecule is CC(C)c1ccc(S(=O)CC2(CCN)CC2)cc1. The molecule has 0 aromatic heterocycles. The van der Waals surface area contributed by atoms with Crippen LogP contribution in [0.2, 0.25) is 0 Å². The second-order valence-corrected chi connectivity index (χ2v) is 7.20. The van der Waals surface area contributed by atoms with Crippen molar-refractivity contribution < 1.29 is 4.21 Å². The van der Waals surface area contributed by atoms with Gasteiger partial charge in [0.25, 0.3) is 0 Å². The summed E-state index contributed by atoms with van der Waals surface area (Å²) in [6, 6.07) is 8.23. The Hall–Kier alpha value is -0.670. The number of nitrogens with two attached hydrogens (primary N) is 1. The van der Waals surface area contributed by atoms with Crippen LogP contribution >= 0.6 is 0 Å². The minimum Gasteiger partial charge on any atom is -0.330 e. The van der Waals surface area contributed by atoms with E-state index in [-0.39, 0.29) is 5.41 Å². The molecule has 2 N–H and O–H groups in total. The second-order valence-electron chi connectivity index (χ2n) is 5.75. The largest absolute Gasteiger partial charge is 0.330 e. The molecule has 0 heterocycles. The van der Waals surface area contributed by atoms with Gasteiger partial charge in [-0.25, -0.2) is 0 Å². The lowest BCUT2D eigenvalue weighted by Crippen LogP contribution is -2.17. The lowest BCUT2D eigenvalue weighted by Gasteiger charge is -2.13. The zero-order valence-corrected chi connectivity index (χ0v) is 12.1. The third-order valence-electron chi connectivity index (χ3n) is 3.88. The van der Waals surface area contributed by atoms with Gasteiger partial charge in [0.05, 0.1) is 10.8 Å². The number of rotatable bonds is 6. The van der Waals surface area contributed by atoms with E-state index in [0.29, 0.717) is 12.5 Å². The van der Waals surface area contributed by atoms with Crippen molar-refractivity contribution in [2.75, 3.05) is 12.3 Å². The topological polar surface area (TPSA) is 43.1 Å². The summed E-state index contributed by atoms with van der Waals surface area (Å²) >= 11 is 0. The zero-order chi connectivity index (χ0) is 13.2. The standard InChI is InChI=1S/C15H23NOS/c1-12(2)13-3-5-14(6-4-13)18(17)11-15(7-8-15)9-10-16/h3-6,12H,7-11,16H2,1-2H3. The van der Waals surface area contributed by atoms with Crippen LogP contribution in [-0.2, 0) is 10.8 Å². The molecule has 18 heavy (non-hydrogen) atoms. The third kappa shape index (κ3) is 3.21. The summed E-state index contributed by atoms with van der Waals surface area (Å²) in [6.07, 6.45) is 3.41. The number of hydrogen-bond donors (Lipinski definition) is 1. The van der Waals surface area contributed by atoms with Gasteiger partial charge in [-0.15, -0.1) is 0 Å². The van der Waals surface area contributed by atoms with Crippen molar-refractivity contribution in [3.05, 3.63) is 29.8 Å². The van der Waals surface area contributed by atoms with Crippen LogP contribution in [0.25, 0.3) is 0 Å². The highest BCUT2D eigenvalue weighted by molar-refractivity contribution is 7.85. The van der Waals surface area contributed by atoms with E-state index >= 15 is 0 Å². The van der Waals surface area contributed by atoms with Crippen LogP contribution in [0, 0.1) is 5.41 Å². The van der Waals surface area contributed by atoms with Gasteiger partial charge in [0.1, 0.15) is 0 Å². The van der Waals surface area contributed by atoms with Gasteiger partial charge in [0.15, 0.2) is 0 Å². The Morgan fingerprint density at radius 3 is 2.33 bits per heavy atom. The molecule has 1 aromatic rings. The van der Waals surface area contributed by atoms with Crippen molar-refractivity contribution in [1.29, 1.82) is 0 Å². The van der Waals surface area contributed by atoms with E-state index in [2.05, 4.69) is 26.0 Å². The Balaban J connectivity index is 2.01. The van der Waals surface area contributed by atoms with E-state index in [0.717, 1.165) is 17.1 Å². The lowest BCUT2D eigenvalue weighted by molar-refractivity contribution is 0.529. The molecule has 1 saturated carbocycles. The molecule has 1 aliphatic rings. The maximum absolute atomic E-state index is 12.3. The highest BCUT2D eigenvalue weighted by Gasteiger charge is 2.43. The fourth-order valence-electron chi connectivity index (χ4n) is 2.32. The predicted molar refractivity (Wildman–Crippen MR) is 77.1 cm³/mol. The van der Waals surface area contributed by atoms with Crippen LogP contribution in [-0.4, -0.2) is 16.5 Å². The quantitative estimate of drug-likeness (QED) is 0.859. The predicted octanol–water partition coefficient (Wildman–Crippen LogP) is 3.05. The van der Waals surface area contributed by atoms with E-state index < -0.39 is 10.8 Å². The molecule has 1 unspecified atom stereocenters. The molecule has 0 aliphatic heterocycles. The maximum atomic E-state index is 12.3. The van der Waals surface area contributed by atoms with Gasteiger partial charge in [0.2, 0.25) is 0 Å². The molecule has 1 atom stereocenters. The molecule has 2 rings (SSSR count). The molecule has 1 aromatic carbocycles. The van der Waals surface area contributed by atoms with Crippen LogP contribution < -0.4 is 5.73 Å². The number of hydrogen-bond acceptors (Lipinski definition) is 2. The van der Waals surface area contributed by atoms with Gasteiger partial charge < -0.3 is 5.73 Å². The van der Waals surface area contributed by atoms with Gasteiger partial charge >= 0.3 is 0 Å².